The number of hydrogen-bond donors (Lipinski definition) is 13. The number of carboxylic acid groups (broad SMARTS) is 1. The van der Waals surface area contributed by atoms with Crippen LogP contribution >= 0.6 is 47.0 Å². The van der Waals surface area contributed by atoms with E-state index >= 15 is 0 Å². The molecule has 586 valence electrons. The molecule has 0 spiro atoms. The number of Topliss-reactive ketones (excluding diaryl/α,β-unsaturated/α-hetero) is 4. The van der Waals surface area contributed by atoms with E-state index < -0.39 is 11.9 Å². The van der Waals surface area contributed by atoms with Crippen LogP contribution in [0.1, 0.15) is 197 Å². The highest BCUT2D eigenvalue weighted by Crippen LogP contribution is 2.37. The fourth-order valence-corrected chi connectivity index (χ4v) is 21.2. The topological polar surface area (TPSA) is 413 Å². The van der Waals surface area contributed by atoms with Crippen molar-refractivity contribution >= 4 is 130 Å². The van der Waals surface area contributed by atoms with Crippen LogP contribution in [0.4, 0.5) is 19.2 Å². The number of esters is 1. The van der Waals surface area contributed by atoms with Gasteiger partial charge in [0, 0.05) is 147 Å². The lowest BCUT2D eigenvalue weighted by Crippen LogP contribution is -2.36. The number of unbranched alkanes of at least 4 members (excludes halogenated alkanes) is 4. The highest BCUT2D eigenvalue weighted by Gasteiger charge is 2.46. The molecular formula is C75H106N12O16S4. The van der Waals surface area contributed by atoms with E-state index in [-0.39, 0.29) is 182 Å². The monoisotopic (exact) mass is 1560 g/mol. The Labute approximate surface area is 642 Å². The Morgan fingerprint density at radius 3 is 0.850 bits per heavy atom. The van der Waals surface area contributed by atoms with Crippen LogP contribution in [0.3, 0.4) is 0 Å². The van der Waals surface area contributed by atoms with Crippen molar-refractivity contribution in [1.82, 2.24) is 63.8 Å². The number of aromatic carboxylic acids is 1. The van der Waals surface area contributed by atoms with Gasteiger partial charge >= 0.3 is 36.1 Å². The molecule has 2 aromatic carbocycles. The Morgan fingerprint density at radius 1 is 0.355 bits per heavy atom. The Morgan fingerprint density at radius 2 is 0.607 bits per heavy atom. The summed E-state index contributed by atoms with van der Waals surface area (Å²) in [6.45, 7) is 1.54. The van der Waals surface area contributed by atoms with Crippen molar-refractivity contribution in [2.24, 2.45) is 0 Å². The molecule has 8 saturated heterocycles. The van der Waals surface area contributed by atoms with Gasteiger partial charge in [-0.1, -0.05) is 37.8 Å². The van der Waals surface area contributed by atoms with Crippen molar-refractivity contribution < 1.29 is 77.0 Å². The maximum Gasteiger partial charge on any atom is 0.337 e. The number of carboxylic acids is 1. The zero-order valence-electron chi connectivity index (χ0n) is 61.1. The van der Waals surface area contributed by atoms with Crippen LogP contribution in [0.5, 0.6) is 0 Å². The SMILES string of the molecule is COC(=O)c1cc(CC(=O)CCCNC(=O)CCCCC2SCC3NC(=O)NC32)cc(CC(=O)CCCNC(=O)CCCCC2SCC3NC(=O)NC32)c1.O=C(CCCNC(=O)CCCCC1SCC2NC(=O)NC21)Cc1cc(CC(=O)CCCNC(=O)CCCCC2SCC3NC(=O)NC32)cc(C(=O)O)c1. The summed E-state index contributed by atoms with van der Waals surface area (Å²) < 4.78 is 4.90. The van der Waals surface area contributed by atoms with Gasteiger partial charge in [-0.05, 0) is 124 Å². The third-order valence-corrected chi connectivity index (χ3v) is 26.6. The molecule has 0 bridgehead atoms. The third kappa shape index (κ3) is 27.5. The average Bonchev–Trinajstić information content (AvgIpc) is 1.74. The van der Waals surface area contributed by atoms with Crippen LogP contribution in [0.25, 0.3) is 0 Å². The second-order valence-corrected chi connectivity index (χ2v) is 34.1. The van der Waals surface area contributed by atoms with Crippen molar-refractivity contribution in [3.05, 3.63) is 69.8 Å². The first-order valence-corrected chi connectivity index (χ1v) is 42.3. The number of carbonyl (C=O) groups is 14. The van der Waals surface area contributed by atoms with Crippen LogP contribution in [-0.4, -0.2) is 214 Å². The average molecular weight is 1560 g/mol. The predicted molar refractivity (Wildman–Crippen MR) is 411 cm³/mol. The summed E-state index contributed by atoms with van der Waals surface area (Å²) in [6, 6.07) is 10.7. The number of urea groups is 4. The van der Waals surface area contributed by atoms with Crippen molar-refractivity contribution in [1.29, 1.82) is 0 Å². The number of thioether (sulfide) groups is 4. The lowest BCUT2D eigenvalue weighted by Gasteiger charge is -2.16. The number of fused-ring (bicyclic) bond motifs is 4. The molecule has 12 unspecified atom stereocenters. The number of ketones is 4. The van der Waals surface area contributed by atoms with Gasteiger partial charge in [0.05, 0.1) is 66.6 Å². The number of benzene rings is 2. The lowest BCUT2D eigenvalue weighted by molar-refractivity contribution is -0.122. The highest BCUT2D eigenvalue weighted by molar-refractivity contribution is 8.01. The highest BCUT2D eigenvalue weighted by atomic mass is 32.2. The normalized spacial score (nSPS) is 23.9. The minimum absolute atomic E-state index is 0.0182. The number of methoxy groups -OCH3 is 1. The van der Waals surface area contributed by atoms with Gasteiger partial charge < -0.3 is 73.6 Å². The number of amides is 12. The quantitative estimate of drug-likeness (QED) is 0.0212. The summed E-state index contributed by atoms with van der Waals surface area (Å²) in [5, 5.41) is 46.3. The Balaban J connectivity index is 0.000000247. The van der Waals surface area contributed by atoms with Gasteiger partial charge in [0.2, 0.25) is 23.6 Å². The number of carbonyl (C=O) groups excluding carboxylic acids is 13. The van der Waals surface area contributed by atoms with E-state index in [0.29, 0.717) is 121 Å². The van der Waals surface area contributed by atoms with Crippen molar-refractivity contribution in [3.8, 4) is 0 Å². The third-order valence-electron chi connectivity index (χ3n) is 20.5. The molecule has 12 atom stereocenters. The van der Waals surface area contributed by atoms with Crippen LogP contribution in [0.15, 0.2) is 36.4 Å². The molecule has 8 heterocycles. The van der Waals surface area contributed by atoms with E-state index in [9.17, 15) is 72.2 Å². The molecule has 13 N–H and O–H groups in total. The van der Waals surface area contributed by atoms with Crippen molar-refractivity contribution in [2.75, 3.05) is 56.3 Å². The molecule has 10 rings (SSSR count). The predicted octanol–water partition coefficient (Wildman–Crippen LogP) is 5.79. The van der Waals surface area contributed by atoms with Crippen LogP contribution in [-0.2, 0) is 68.8 Å². The minimum Gasteiger partial charge on any atom is -0.478 e. The Bertz CT molecular complexity index is 3320. The Hall–Kier alpha value is -7.58. The van der Waals surface area contributed by atoms with Gasteiger partial charge in [0.25, 0.3) is 0 Å². The van der Waals surface area contributed by atoms with E-state index in [4.69, 9.17) is 4.74 Å². The summed E-state index contributed by atoms with van der Waals surface area (Å²) in [7, 11) is 1.28. The second-order valence-electron chi connectivity index (χ2n) is 29.0. The smallest absolute Gasteiger partial charge is 0.337 e. The summed E-state index contributed by atoms with van der Waals surface area (Å²) in [4.78, 5) is 171. The lowest BCUT2D eigenvalue weighted by atomic mass is 9.97. The molecule has 12 amide bonds. The molecule has 2 aromatic rings. The summed E-state index contributed by atoms with van der Waals surface area (Å²) in [5.74, 6) is 1.54. The summed E-state index contributed by atoms with van der Waals surface area (Å²) in [6.07, 6.45) is 15.3. The van der Waals surface area contributed by atoms with Crippen LogP contribution in [0, 0.1) is 0 Å². The molecule has 107 heavy (non-hydrogen) atoms. The molecule has 0 saturated carbocycles. The fraction of sp³-hybridized carbons (Fsp3) is 0.653. The van der Waals surface area contributed by atoms with Gasteiger partial charge in [-0.3, -0.25) is 38.4 Å². The van der Waals surface area contributed by atoms with Crippen molar-refractivity contribution in [2.45, 2.75) is 249 Å². The van der Waals surface area contributed by atoms with Gasteiger partial charge in [0.1, 0.15) is 23.1 Å². The molecule has 0 radical (unpaired) electrons. The van der Waals surface area contributed by atoms with Gasteiger partial charge in [0.15, 0.2) is 0 Å². The zero-order valence-corrected chi connectivity index (χ0v) is 64.3. The van der Waals surface area contributed by atoms with E-state index in [1.807, 2.05) is 47.0 Å². The van der Waals surface area contributed by atoms with E-state index in [2.05, 4.69) is 63.8 Å². The van der Waals surface area contributed by atoms with E-state index in [0.717, 1.165) is 100 Å². The number of ether oxygens (including phenoxy) is 1. The van der Waals surface area contributed by atoms with Crippen LogP contribution < -0.4 is 63.8 Å². The molecule has 28 nitrogen and oxygen atoms in total. The maximum atomic E-state index is 12.8. The molecule has 0 aliphatic carbocycles. The standard InChI is InChI=1S/C38H54N6O8S2.C37H52N6O8S2/c1-52-36(49)25-17-23(19-26(45)8-6-14-39-32(47)12-4-2-10-30-34-28(21-53-30)41-37(50)43-34)16-24(18-25)20-27(46)9-7-15-40-33(48)13-5-3-11-31-35-29(22-54-31)42-38(51)44-35;44-25(7-5-13-38-31(46)11-3-1-9-29-33-27(20-52-29)40-36(50)42-33)18-22-15-23(17-24(16-22)35(48)49)19-26(45)8-6-14-39-32(47)12-4-2-10-30-34-28(21-53-30)41-37(51)43-34/h16-18,28-31,34-35H,2-15,19-22H2,1H3,(H,39,47)(H,40,48)(H2,41,43,50)(H2,42,44,51);15-17,27-30,33-34H,1-14,18-21H2,(H,38,46)(H,39,47)(H,48,49)(H2,40,42,50)(H2,41,43,51). The summed E-state index contributed by atoms with van der Waals surface area (Å²) >= 11 is 7.45. The number of nitrogens with one attached hydrogen (secondary N) is 12. The first-order valence-electron chi connectivity index (χ1n) is 38.1. The zero-order chi connectivity index (χ0) is 76.2. The number of rotatable bonds is 46. The fourth-order valence-electron chi connectivity index (χ4n) is 15.1. The first kappa shape index (κ1) is 83.5. The molecule has 8 fully saturated rings. The first-order chi connectivity index (χ1) is 51.6. The van der Waals surface area contributed by atoms with Gasteiger partial charge in [-0.25, -0.2) is 28.8 Å². The molecule has 32 heteroatoms. The molecule has 8 aliphatic heterocycles. The second kappa shape index (κ2) is 43.0. The van der Waals surface area contributed by atoms with E-state index in [1.54, 1.807) is 24.3 Å². The maximum absolute atomic E-state index is 12.8. The van der Waals surface area contributed by atoms with Crippen molar-refractivity contribution in [3.63, 3.8) is 0 Å². The molecular weight excluding hydrogens is 1450 g/mol. The van der Waals surface area contributed by atoms with Gasteiger partial charge in [-0.2, -0.15) is 47.0 Å². The molecule has 8 aliphatic rings. The van der Waals surface area contributed by atoms with Crippen LogP contribution in [0.2, 0.25) is 0 Å². The Kier molecular flexibility index (Phi) is 33.5. The summed E-state index contributed by atoms with van der Waals surface area (Å²) in [5.41, 5.74) is 2.60. The minimum atomic E-state index is -1.14. The molecule has 0 aromatic heterocycles. The van der Waals surface area contributed by atoms with Gasteiger partial charge in [-0.15, -0.1) is 0 Å². The largest absolute Gasteiger partial charge is 0.478 e. The van der Waals surface area contributed by atoms with E-state index in [1.165, 1.54) is 19.2 Å². The number of hydrogen-bond acceptors (Lipinski definition) is 19.